The van der Waals surface area contributed by atoms with Gasteiger partial charge in [0.25, 0.3) is 0 Å². The zero-order chi connectivity index (χ0) is 9.14. The first kappa shape index (κ1) is 8.90. The van der Waals surface area contributed by atoms with E-state index < -0.39 is 17.5 Å². The fourth-order valence-corrected chi connectivity index (χ4v) is 0.750. The summed E-state index contributed by atoms with van der Waals surface area (Å²) in [5.41, 5.74) is -0.357. The molecule has 0 amide bonds. The van der Waals surface area contributed by atoms with Crippen LogP contribution in [0.5, 0.6) is 0 Å². The topological polar surface area (TPSA) is 12.4 Å². The van der Waals surface area contributed by atoms with Crippen LogP contribution in [0, 0.1) is 17.5 Å². The van der Waals surface area contributed by atoms with Gasteiger partial charge >= 0.3 is 0 Å². The highest BCUT2D eigenvalue weighted by Crippen LogP contribution is 2.21. The molecule has 0 N–H and O–H groups in total. The third-order valence-corrected chi connectivity index (χ3v) is 1.27. The Bertz CT molecular complexity index is 358. The molecular formula is C7H2F3NS. The van der Waals surface area contributed by atoms with Gasteiger partial charge in [-0.3, -0.25) is 0 Å². The van der Waals surface area contributed by atoms with Crippen molar-refractivity contribution < 1.29 is 13.2 Å². The van der Waals surface area contributed by atoms with Crippen molar-refractivity contribution in [2.24, 2.45) is 4.99 Å². The number of isothiocyanates is 1. The van der Waals surface area contributed by atoms with E-state index in [1.807, 2.05) is 5.16 Å². The van der Waals surface area contributed by atoms with Crippen LogP contribution in [0.15, 0.2) is 17.1 Å². The molecule has 0 aliphatic carbocycles. The van der Waals surface area contributed by atoms with E-state index in [1.54, 1.807) is 0 Å². The van der Waals surface area contributed by atoms with Gasteiger partial charge in [-0.15, -0.1) is 0 Å². The molecule has 0 unspecified atom stereocenters. The lowest BCUT2D eigenvalue weighted by Crippen LogP contribution is -1.89. The summed E-state index contributed by atoms with van der Waals surface area (Å²) in [4.78, 5) is 3.19. The van der Waals surface area contributed by atoms with Crippen LogP contribution in [-0.4, -0.2) is 5.16 Å². The van der Waals surface area contributed by atoms with E-state index in [0.717, 1.165) is 12.1 Å². The molecular weight excluding hydrogens is 187 g/mol. The lowest BCUT2D eigenvalue weighted by atomic mass is 10.3. The quantitative estimate of drug-likeness (QED) is 0.376. The maximum atomic E-state index is 12.7. The monoisotopic (exact) mass is 189 g/mol. The van der Waals surface area contributed by atoms with Crippen LogP contribution >= 0.6 is 12.2 Å². The van der Waals surface area contributed by atoms with Gasteiger partial charge in [-0.2, -0.15) is 4.99 Å². The molecule has 0 aliphatic rings. The average molecular weight is 189 g/mol. The van der Waals surface area contributed by atoms with Gasteiger partial charge in [-0.25, -0.2) is 13.2 Å². The van der Waals surface area contributed by atoms with Gasteiger partial charge in [0.2, 0.25) is 0 Å². The summed E-state index contributed by atoms with van der Waals surface area (Å²) >= 11 is 4.17. The number of hydrogen-bond acceptors (Lipinski definition) is 2. The predicted octanol–water partition coefficient (Wildman–Crippen LogP) is 2.84. The summed E-state index contributed by atoms with van der Waals surface area (Å²) < 4.78 is 37.4. The molecule has 0 aromatic heterocycles. The Hall–Kier alpha value is -1.19. The van der Waals surface area contributed by atoms with Crippen molar-refractivity contribution in [1.29, 1.82) is 0 Å². The zero-order valence-corrected chi connectivity index (χ0v) is 6.46. The summed E-state index contributed by atoms with van der Waals surface area (Å²) in [6.45, 7) is 0. The lowest BCUT2D eigenvalue weighted by Gasteiger charge is -1.96. The van der Waals surface area contributed by atoms with E-state index in [0.29, 0.717) is 0 Å². The molecule has 0 spiro atoms. The van der Waals surface area contributed by atoms with E-state index in [1.165, 1.54) is 0 Å². The van der Waals surface area contributed by atoms with Gasteiger partial charge in [0.05, 0.1) is 5.16 Å². The summed E-state index contributed by atoms with van der Waals surface area (Å²) in [6.07, 6.45) is 0. The van der Waals surface area contributed by atoms with Gasteiger partial charge in [-0.05, 0) is 24.4 Å². The van der Waals surface area contributed by atoms with Gasteiger partial charge in [0.1, 0.15) is 5.69 Å². The van der Waals surface area contributed by atoms with Crippen LogP contribution in [0.25, 0.3) is 0 Å². The van der Waals surface area contributed by atoms with E-state index in [4.69, 9.17) is 0 Å². The Kier molecular flexibility index (Phi) is 2.58. The minimum absolute atomic E-state index is 0.357. The van der Waals surface area contributed by atoms with E-state index in [-0.39, 0.29) is 5.69 Å². The first-order valence-corrected chi connectivity index (χ1v) is 3.29. The van der Waals surface area contributed by atoms with Crippen LogP contribution in [-0.2, 0) is 0 Å². The molecule has 0 aliphatic heterocycles. The number of nitrogens with zero attached hydrogens (tertiary/aromatic N) is 1. The fraction of sp³-hybridized carbons (Fsp3) is 0. The Balaban J connectivity index is 3.35. The average Bonchev–Trinajstić information content (AvgIpc) is 2.07. The first-order valence-electron chi connectivity index (χ1n) is 2.88. The van der Waals surface area contributed by atoms with Gasteiger partial charge < -0.3 is 0 Å². The number of aliphatic imine (C=N–C) groups is 1. The second-order valence-electron chi connectivity index (χ2n) is 1.90. The molecule has 0 saturated carbocycles. The van der Waals surface area contributed by atoms with Crippen LogP contribution in [0.4, 0.5) is 18.9 Å². The zero-order valence-electron chi connectivity index (χ0n) is 5.64. The molecule has 5 heteroatoms. The molecule has 1 aromatic rings. The molecule has 0 bridgehead atoms. The Morgan fingerprint density at radius 3 is 2.42 bits per heavy atom. The maximum Gasteiger partial charge on any atom is 0.196 e. The Morgan fingerprint density at radius 2 is 1.83 bits per heavy atom. The summed E-state index contributed by atoms with van der Waals surface area (Å²) in [5.74, 6) is -4.16. The van der Waals surface area contributed by atoms with Gasteiger partial charge in [0, 0.05) is 0 Å². The Labute approximate surface area is 71.5 Å². The second-order valence-corrected chi connectivity index (χ2v) is 2.08. The molecule has 1 rings (SSSR count). The molecule has 0 heterocycles. The first-order chi connectivity index (χ1) is 5.66. The van der Waals surface area contributed by atoms with Gasteiger partial charge in [-0.1, -0.05) is 0 Å². The molecule has 12 heavy (non-hydrogen) atoms. The van der Waals surface area contributed by atoms with Gasteiger partial charge in [0.15, 0.2) is 17.5 Å². The van der Waals surface area contributed by atoms with E-state index >= 15 is 0 Å². The smallest absolute Gasteiger partial charge is 0.196 e. The second kappa shape index (κ2) is 3.47. The third kappa shape index (κ3) is 1.52. The van der Waals surface area contributed by atoms with Crippen molar-refractivity contribution >= 4 is 23.1 Å². The van der Waals surface area contributed by atoms with Crippen LogP contribution in [0.2, 0.25) is 0 Å². The number of halogens is 3. The molecule has 62 valence electrons. The van der Waals surface area contributed by atoms with Crippen molar-refractivity contribution in [3.63, 3.8) is 0 Å². The highest BCUT2D eigenvalue weighted by molar-refractivity contribution is 7.78. The van der Waals surface area contributed by atoms with Crippen LogP contribution < -0.4 is 0 Å². The Morgan fingerprint density at radius 1 is 1.17 bits per heavy atom. The van der Waals surface area contributed by atoms with Crippen LogP contribution in [0.3, 0.4) is 0 Å². The summed E-state index contributed by atoms with van der Waals surface area (Å²) in [7, 11) is 0. The number of thiocarbonyl (C=S) groups is 1. The molecule has 0 radical (unpaired) electrons. The standard InChI is InChI=1S/C7H2F3NS/c8-4-1-2-5(11-3-12)7(10)6(4)9/h1-2H. The molecule has 0 saturated heterocycles. The molecule has 0 fully saturated rings. The van der Waals surface area contributed by atoms with Crippen molar-refractivity contribution in [2.75, 3.05) is 0 Å². The highest BCUT2D eigenvalue weighted by atomic mass is 32.1. The maximum absolute atomic E-state index is 12.7. The predicted molar refractivity (Wildman–Crippen MR) is 41.0 cm³/mol. The van der Waals surface area contributed by atoms with Crippen molar-refractivity contribution in [3.8, 4) is 0 Å². The SMILES string of the molecule is Fc1ccc(N=C=S)c(F)c1F. The largest absolute Gasteiger partial charge is 0.204 e. The van der Waals surface area contributed by atoms with Crippen molar-refractivity contribution in [1.82, 2.24) is 0 Å². The summed E-state index contributed by atoms with van der Waals surface area (Å²) in [5, 5.41) is 1.85. The molecule has 1 nitrogen and oxygen atoms in total. The molecule has 0 atom stereocenters. The number of benzene rings is 1. The third-order valence-electron chi connectivity index (χ3n) is 1.18. The fourth-order valence-electron chi connectivity index (χ4n) is 0.651. The lowest BCUT2D eigenvalue weighted by molar-refractivity contribution is 0.448. The van der Waals surface area contributed by atoms with Crippen molar-refractivity contribution in [3.05, 3.63) is 29.6 Å². The minimum Gasteiger partial charge on any atom is -0.204 e. The van der Waals surface area contributed by atoms with Crippen molar-refractivity contribution in [2.45, 2.75) is 0 Å². The van der Waals surface area contributed by atoms with Crippen LogP contribution in [0.1, 0.15) is 0 Å². The number of rotatable bonds is 1. The van der Waals surface area contributed by atoms with E-state index in [2.05, 4.69) is 17.2 Å². The van der Waals surface area contributed by atoms with E-state index in [9.17, 15) is 13.2 Å². The summed E-state index contributed by atoms with van der Waals surface area (Å²) in [6, 6.07) is 1.75. The number of hydrogen-bond donors (Lipinski definition) is 0. The normalized spacial score (nSPS) is 9.25. The minimum atomic E-state index is -1.55. The highest BCUT2D eigenvalue weighted by Gasteiger charge is 2.11. The molecule has 1 aromatic carbocycles.